The first-order valence-electron chi connectivity index (χ1n) is 6.79. The molecule has 3 heterocycles. The third-order valence-electron chi connectivity index (χ3n) is 3.50. The van der Waals surface area contributed by atoms with Gasteiger partial charge >= 0.3 is 0 Å². The number of thiazole rings is 1. The maximum absolute atomic E-state index is 4.71. The minimum absolute atomic E-state index is 0.777. The number of hydrogen-bond acceptors (Lipinski definition) is 5. The van der Waals surface area contributed by atoms with Gasteiger partial charge in [0.25, 0.3) is 0 Å². The van der Waals surface area contributed by atoms with Crippen molar-refractivity contribution in [3.05, 3.63) is 41.5 Å². The number of benzene rings is 1. The highest BCUT2D eigenvalue weighted by atomic mass is 32.1. The Morgan fingerprint density at radius 3 is 2.76 bits per heavy atom. The third kappa shape index (κ3) is 2.08. The molecule has 0 aliphatic carbocycles. The second-order valence-corrected chi connectivity index (χ2v) is 5.73. The Morgan fingerprint density at radius 2 is 1.90 bits per heavy atom. The molecule has 6 heteroatoms. The Balaban J connectivity index is 1.76. The van der Waals surface area contributed by atoms with Crippen LogP contribution in [0.15, 0.2) is 40.7 Å². The van der Waals surface area contributed by atoms with Crippen molar-refractivity contribution in [2.45, 2.75) is 13.5 Å². The van der Waals surface area contributed by atoms with E-state index >= 15 is 0 Å². The van der Waals surface area contributed by atoms with E-state index in [-0.39, 0.29) is 0 Å². The Hall–Kier alpha value is -2.34. The molecule has 2 aromatic heterocycles. The molecule has 1 aliphatic rings. The van der Waals surface area contributed by atoms with Gasteiger partial charge in [-0.3, -0.25) is 4.99 Å². The van der Waals surface area contributed by atoms with Crippen LogP contribution in [0.25, 0.3) is 22.1 Å². The fourth-order valence-corrected chi connectivity index (χ4v) is 3.25. The Morgan fingerprint density at radius 1 is 1.10 bits per heavy atom. The van der Waals surface area contributed by atoms with E-state index in [0.717, 1.165) is 46.7 Å². The molecule has 0 saturated carbocycles. The van der Waals surface area contributed by atoms with Crippen LogP contribution < -0.4 is 0 Å². The predicted octanol–water partition coefficient (Wildman–Crippen LogP) is 2.89. The van der Waals surface area contributed by atoms with Crippen molar-refractivity contribution in [3.63, 3.8) is 0 Å². The van der Waals surface area contributed by atoms with Crippen molar-refractivity contribution in [2.75, 3.05) is 6.54 Å². The Kier molecular flexibility index (Phi) is 2.89. The lowest BCUT2D eigenvalue weighted by Crippen LogP contribution is -2.17. The Labute approximate surface area is 126 Å². The monoisotopic (exact) mass is 295 g/mol. The van der Waals surface area contributed by atoms with E-state index < -0.39 is 0 Å². The number of hydrogen-bond donors (Lipinski definition) is 0. The van der Waals surface area contributed by atoms with Gasteiger partial charge in [0.1, 0.15) is 10.7 Å². The molecule has 1 aliphatic heterocycles. The SMILES string of the molecule is CC1=NCCn2c1nnc2-c1csc(-c2ccccc2)n1. The summed E-state index contributed by atoms with van der Waals surface area (Å²) in [4.78, 5) is 9.12. The normalized spacial score (nSPS) is 13.9. The van der Waals surface area contributed by atoms with E-state index in [9.17, 15) is 0 Å². The van der Waals surface area contributed by atoms with Crippen molar-refractivity contribution in [1.29, 1.82) is 0 Å². The van der Waals surface area contributed by atoms with E-state index in [2.05, 4.69) is 31.9 Å². The molecule has 4 rings (SSSR count). The summed E-state index contributed by atoms with van der Waals surface area (Å²) in [7, 11) is 0. The molecule has 0 unspecified atom stereocenters. The van der Waals surface area contributed by atoms with Gasteiger partial charge in [-0.2, -0.15) is 0 Å². The van der Waals surface area contributed by atoms with Crippen molar-refractivity contribution < 1.29 is 0 Å². The lowest BCUT2D eigenvalue weighted by atomic mass is 10.2. The first-order valence-corrected chi connectivity index (χ1v) is 7.67. The van der Waals surface area contributed by atoms with E-state index in [1.807, 2.05) is 30.5 Å². The van der Waals surface area contributed by atoms with Crippen LogP contribution in [0.3, 0.4) is 0 Å². The summed E-state index contributed by atoms with van der Waals surface area (Å²) in [5, 5.41) is 11.6. The van der Waals surface area contributed by atoms with Crippen molar-refractivity contribution in [2.24, 2.45) is 4.99 Å². The summed E-state index contributed by atoms with van der Waals surface area (Å²) < 4.78 is 2.10. The lowest BCUT2D eigenvalue weighted by Gasteiger charge is -2.12. The van der Waals surface area contributed by atoms with Gasteiger partial charge in [0.2, 0.25) is 0 Å². The summed E-state index contributed by atoms with van der Waals surface area (Å²) in [5.74, 6) is 1.68. The molecule has 0 spiro atoms. The van der Waals surface area contributed by atoms with Crippen molar-refractivity contribution in [1.82, 2.24) is 19.7 Å². The van der Waals surface area contributed by atoms with Crippen LogP contribution in [-0.2, 0) is 6.54 Å². The molecule has 0 atom stereocenters. The quantitative estimate of drug-likeness (QED) is 0.730. The minimum atomic E-state index is 0.777. The maximum atomic E-state index is 4.71. The molecule has 0 amide bonds. The summed E-state index contributed by atoms with van der Waals surface area (Å²) in [6.07, 6.45) is 0. The van der Waals surface area contributed by atoms with E-state index in [4.69, 9.17) is 4.98 Å². The zero-order valence-corrected chi connectivity index (χ0v) is 12.3. The molecule has 0 radical (unpaired) electrons. The zero-order valence-electron chi connectivity index (χ0n) is 11.5. The fraction of sp³-hybridized carbons (Fsp3) is 0.200. The van der Waals surface area contributed by atoms with Gasteiger partial charge in [-0.25, -0.2) is 4.98 Å². The molecule has 0 fully saturated rings. The third-order valence-corrected chi connectivity index (χ3v) is 4.39. The van der Waals surface area contributed by atoms with Crippen LogP contribution in [0.5, 0.6) is 0 Å². The first kappa shape index (κ1) is 12.4. The van der Waals surface area contributed by atoms with Gasteiger partial charge in [-0.15, -0.1) is 21.5 Å². The average molecular weight is 295 g/mol. The van der Waals surface area contributed by atoms with Crippen LogP contribution in [0.4, 0.5) is 0 Å². The number of fused-ring (bicyclic) bond motifs is 1. The predicted molar refractivity (Wildman–Crippen MR) is 83.6 cm³/mol. The van der Waals surface area contributed by atoms with Gasteiger partial charge in [0, 0.05) is 17.5 Å². The Bertz CT molecular complexity index is 816. The molecular weight excluding hydrogens is 282 g/mol. The molecule has 0 saturated heterocycles. The number of rotatable bonds is 2. The van der Waals surface area contributed by atoms with Crippen LogP contribution in [0, 0.1) is 0 Å². The van der Waals surface area contributed by atoms with E-state index in [0.29, 0.717) is 0 Å². The van der Waals surface area contributed by atoms with E-state index in [1.54, 1.807) is 11.3 Å². The largest absolute Gasteiger partial charge is 0.303 e. The highest BCUT2D eigenvalue weighted by Gasteiger charge is 2.20. The number of aliphatic imine (C=N–C) groups is 1. The molecule has 0 N–H and O–H groups in total. The van der Waals surface area contributed by atoms with Gasteiger partial charge in [-0.1, -0.05) is 30.3 Å². The molecule has 3 aromatic rings. The highest BCUT2D eigenvalue weighted by Crippen LogP contribution is 2.28. The molecule has 0 bridgehead atoms. The summed E-state index contributed by atoms with van der Waals surface area (Å²) in [6.45, 7) is 3.56. The number of nitrogens with zero attached hydrogens (tertiary/aromatic N) is 5. The van der Waals surface area contributed by atoms with Gasteiger partial charge in [0.15, 0.2) is 11.6 Å². The maximum Gasteiger partial charge on any atom is 0.183 e. The fourth-order valence-electron chi connectivity index (χ4n) is 2.45. The second kappa shape index (κ2) is 4.89. The standard InChI is InChI=1S/C15H13N5S/c1-10-13-18-19-14(20(13)8-7-16-10)12-9-21-15(17-12)11-5-3-2-4-6-11/h2-6,9H,7-8H2,1H3. The van der Waals surface area contributed by atoms with Gasteiger partial charge < -0.3 is 4.57 Å². The first-order chi connectivity index (χ1) is 10.3. The van der Waals surface area contributed by atoms with Crippen molar-refractivity contribution in [3.8, 4) is 22.1 Å². The van der Waals surface area contributed by atoms with Gasteiger partial charge in [0.05, 0.1) is 12.3 Å². The summed E-state index contributed by atoms with van der Waals surface area (Å²) in [5.41, 5.74) is 2.95. The second-order valence-electron chi connectivity index (χ2n) is 4.87. The summed E-state index contributed by atoms with van der Waals surface area (Å²) in [6, 6.07) is 10.2. The molecule has 104 valence electrons. The molecule has 21 heavy (non-hydrogen) atoms. The van der Waals surface area contributed by atoms with E-state index in [1.165, 1.54) is 0 Å². The molecule has 1 aromatic carbocycles. The van der Waals surface area contributed by atoms with Crippen LogP contribution in [0.1, 0.15) is 12.7 Å². The van der Waals surface area contributed by atoms with Crippen molar-refractivity contribution >= 4 is 17.0 Å². The lowest BCUT2D eigenvalue weighted by molar-refractivity contribution is 0.685. The topological polar surface area (TPSA) is 56.0 Å². The molecular formula is C15H13N5S. The van der Waals surface area contributed by atoms with Crippen LogP contribution in [-0.4, -0.2) is 32.0 Å². The van der Waals surface area contributed by atoms with Crippen LogP contribution >= 0.6 is 11.3 Å². The minimum Gasteiger partial charge on any atom is -0.303 e. The smallest absolute Gasteiger partial charge is 0.183 e. The van der Waals surface area contributed by atoms with Crippen LogP contribution in [0.2, 0.25) is 0 Å². The highest BCUT2D eigenvalue weighted by molar-refractivity contribution is 7.13. The van der Waals surface area contributed by atoms with Gasteiger partial charge in [-0.05, 0) is 6.92 Å². The molecule has 5 nitrogen and oxygen atoms in total. The number of aromatic nitrogens is 4. The average Bonchev–Trinajstić information content (AvgIpc) is 3.15. The zero-order chi connectivity index (χ0) is 14.2. The summed E-state index contributed by atoms with van der Waals surface area (Å²) >= 11 is 1.63.